The molecule has 2 aromatic carbocycles. The lowest BCUT2D eigenvalue weighted by Crippen LogP contribution is -2.29. The van der Waals surface area contributed by atoms with Crippen molar-refractivity contribution in [3.05, 3.63) is 101 Å². The maximum Gasteiger partial charge on any atom is 0.488 e. The first-order valence-electron chi connectivity index (χ1n) is 20.4. The van der Waals surface area contributed by atoms with Crippen molar-refractivity contribution in [2.75, 3.05) is 6.54 Å². The summed E-state index contributed by atoms with van der Waals surface area (Å²) in [5.41, 5.74) is 8.86. The molecule has 0 amide bonds. The van der Waals surface area contributed by atoms with Crippen molar-refractivity contribution < 1.29 is 49.6 Å². The van der Waals surface area contributed by atoms with Crippen LogP contribution in [0.25, 0.3) is 11.3 Å². The fourth-order valence-electron chi connectivity index (χ4n) is 6.18. The third-order valence-corrected chi connectivity index (χ3v) is 10.2. The van der Waals surface area contributed by atoms with Crippen molar-refractivity contribution in [1.82, 2.24) is 9.97 Å². The molecule has 8 N–H and O–H groups in total. The third-order valence-electron chi connectivity index (χ3n) is 9.73. The lowest BCUT2D eigenvalue weighted by atomic mass is 9.80. The van der Waals surface area contributed by atoms with E-state index < -0.39 is 19.1 Å². The zero-order valence-corrected chi connectivity index (χ0v) is 36.2. The highest BCUT2D eigenvalue weighted by Crippen LogP contribution is 2.28. The van der Waals surface area contributed by atoms with E-state index >= 15 is 0 Å². The molecule has 13 nitrogen and oxygen atoms in total. The van der Waals surface area contributed by atoms with Crippen molar-refractivity contribution in [2.45, 2.75) is 110 Å². The molecule has 0 atom stereocenters. The molecular weight excluding hydrogens is 833 g/mol. The summed E-state index contributed by atoms with van der Waals surface area (Å²) in [6.07, 6.45) is 16.3. The van der Waals surface area contributed by atoms with Gasteiger partial charge in [0.25, 0.3) is 0 Å². The lowest BCUT2D eigenvalue weighted by Gasteiger charge is -2.26. The minimum absolute atomic E-state index is 0.0196. The molecule has 2 aromatic heterocycles. The standard InChI is InChI=1S/C23H29NO3.C7H7BO3.C7H14O.C5H4BrNO.C3H7NO2/c1-17-9-11-20(12-10-17)27-21-13-14-22(24-16-21)19-7-4-6-18(15-19)5-2-3-8-23(25)26;9-5-6-2-1-3-7(4-6)8(10)11;1-6-2-4-7(8)5-3-6;6-5-2-1-4(8)3-7-5;4-2-1-3(5)6/h4,6-7,13-17,20H,2-3,5,8-12H2,1H3,(H,25,26);1-5,10-11H;6-8H,2-5H2,1H3;1-3,8H;1-2,4H2,(H,5,6). The molecule has 2 fully saturated rings. The molecule has 2 aliphatic rings. The van der Waals surface area contributed by atoms with Crippen LogP contribution in [0.4, 0.5) is 0 Å². The number of aliphatic carboxylic acids is 2. The largest absolute Gasteiger partial charge is 0.506 e. The molecule has 326 valence electrons. The van der Waals surface area contributed by atoms with Gasteiger partial charge in [-0.25, -0.2) is 4.98 Å². The number of rotatable bonds is 12. The molecule has 0 saturated heterocycles. The summed E-state index contributed by atoms with van der Waals surface area (Å²) in [6.45, 7) is 4.80. The Labute approximate surface area is 362 Å². The molecule has 4 aromatic rings. The number of hydrogen-bond acceptors (Lipinski definition) is 11. The van der Waals surface area contributed by atoms with Gasteiger partial charge in [-0.3, -0.25) is 19.4 Å². The SMILES string of the molecule is CC1CCC(O)CC1.CC1CCC(Oc2ccc(-c3cccc(CCCCC(=O)O)c3)nc2)CC1.NCCC(=O)O.O=Cc1cccc(B(O)O)c1.Oc1ccc(Br)nc1. The minimum Gasteiger partial charge on any atom is -0.506 e. The number of carboxylic acid groups (broad SMARTS) is 2. The fourth-order valence-corrected chi connectivity index (χ4v) is 6.41. The molecule has 0 radical (unpaired) electrons. The number of carboxylic acids is 2. The predicted molar refractivity (Wildman–Crippen MR) is 237 cm³/mol. The Morgan fingerprint density at radius 1 is 0.817 bits per heavy atom. The monoisotopic (exact) mass is 893 g/mol. The number of benzene rings is 2. The van der Waals surface area contributed by atoms with E-state index in [1.54, 1.807) is 24.3 Å². The van der Waals surface area contributed by atoms with Gasteiger partial charge in [-0.1, -0.05) is 56.3 Å². The number of carbonyl (C=O) groups is 3. The van der Waals surface area contributed by atoms with Gasteiger partial charge < -0.3 is 40.9 Å². The number of aliphatic hydroxyl groups excluding tert-OH is 1. The van der Waals surface area contributed by atoms with E-state index in [1.165, 1.54) is 49.6 Å². The van der Waals surface area contributed by atoms with Gasteiger partial charge in [0.15, 0.2) is 0 Å². The normalized spacial score (nSPS) is 17.9. The van der Waals surface area contributed by atoms with Crippen LogP contribution < -0.4 is 15.9 Å². The number of aryl methyl sites for hydroxylation is 1. The molecular formula is C45H61BBrN3O10. The number of nitrogens with two attached hydrogens (primary N) is 1. The number of pyridine rings is 2. The van der Waals surface area contributed by atoms with E-state index in [1.807, 2.05) is 24.4 Å². The predicted octanol–water partition coefficient (Wildman–Crippen LogP) is 7.21. The van der Waals surface area contributed by atoms with Crippen LogP contribution in [0.2, 0.25) is 0 Å². The van der Waals surface area contributed by atoms with Crippen LogP contribution in [-0.4, -0.2) is 84.5 Å². The van der Waals surface area contributed by atoms with Gasteiger partial charge in [-0.05, 0) is 140 Å². The van der Waals surface area contributed by atoms with E-state index in [2.05, 4.69) is 57.9 Å². The van der Waals surface area contributed by atoms with Gasteiger partial charge in [0.05, 0.1) is 36.7 Å². The van der Waals surface area contributed by atoms with Crippen LogP contribution in [0.5, 0.6) is 11.5 Å². The van der Waals surface area contributed by atoms with Crippen LogP contribution in [0.3, 0.4) is 0 Å². The second kappa shape index (κ2) is 29.5. The van der Waals surface area contributed by atoms with Crippen LogP contribution >= 0.6 is 15.9 Å². The van der Waals surface area contributed by atoms with Gasteiger partial charge >= 0.3 is 19.1 Å². The molecule has 2 saturated carbocycles. The first-order valence-corrected chi connectivity index (χ1v) is 21.2. The van der Waals surface area contributed by atoms with E-state index in [9.17, 15) is 14.4 Å². The zero-order chi connectivity index (χ0) is 44.3. The molecule has 0 unspecified atom stereocenters. The molecule has 2 heterocycles. The summed E-state index contributed by atoms with van der Waals surface area (Å²) in [6, 6.07) is 21.8. The van der Waals surface area contributed by atoms with Crippen LogP contribution in [0, 0.1) is 11.8 Å². The molecule has 0 spiro atoms. The summed E-state index contributed by atoms with van der Waals surface area (Å²) in [5.74, 6) is 1.16. The van der Waals surface area contributed by atoms with E-state index in [-0.39, 0.29) is 31.2 Å². The van der Waals surface area contributed by atoms with Crippen molar-refractivity contribution in [3.63, 3.8) is 0 Å². The Kier molecular flexibility index (Phi) is 25.3. The Bertz CT molecular complexity index is 1770. The molecule has 6 rings (SSSR count). The second-order valence-corrected chi connectivity index (χ2v) is 15.8. The molecule has 0 aliphatic heterocycles. The highest BCUT2D eigenvalue weighted by atomic mass is 79.9. The van der Waals surface area contributed by atoms with E-state index in [0.717, 1.165) is 72.0 Å². The maximum absolute atomic E-state index is 10.6. The number of nitrogens with zero attached hydrogens (tertiary/aromatic N) is 2. The topological polar surface area (TPSA) is 234 Å². The van der Waals surface area contributed by atoms with Gasteiger partial charge in [-0.2, -0.15) is 0 Å². The summed E-state index contributed by atoms with van der Waals surface area (Å²) in [5, 5.41) is 51.6. The second-order valence-electron chi connectivity index (χ2n) is 15.0. The quantitative estimate of drug-likeness (QED) is 0.0323. The third kappa shape index (κ3) is 23.2. The number of hydrogen-bond donors (Lipinski definition) is 7. The fraction of sp³-hybridized carbons (Fsp3) is 0.444. The molecule has 15 heteroatoms. The number of aromatic nitrogens is 2. The van der Waals surface area contributed by atoms with Crippen LogP contribution in [-0.2, 0) is 16.0 Å². The average Bonchev–Trinajstić information content (AvgIpc) is 3.24. The molecule has 60 heavy (non-hydrogen) atoms. The first kappa shape index (κ1) is 51.5. The number of aromatic hydroxyl groups is 1. The minimum atomic E-state index is -1.50. The van der Waals surface area contributed by atoms with E-state index in [0.29, 0.717) is 29.8 Å². The van der Waals surface area contributed by atoms with Gasteiger partial charge in [0, 0.05) is 24.1 Å². The smallest absolute Gasteiger partial charge is 0.488 e. The van der Waals surface area contributed by atoms with E-state index in [4.69, 9.17) is 40.9 Å². The first-order chi connectivity index (χ1) is 28.7. The number of unbranched alkanes of at least 4 members (excludes halogenated alkanes) is 1. The Hall–Kier alpha value is -4.67. The van der Waals surface area contributed by atoms with Gasteiger partial charge in [0.2, 0.25) is 0 Å². The number of aliphatic hydroxyl groups is 1. The van der Waals surface area contributed by atoms with Gasteiger partial charge in [0.1, 0.15) is 22.4 Å². The highest BCUT2D eigenvalue weighted by Gasteiger charge is 2.19. The summed E-state index contributed by atoms with van der Waals surface area (Å²) < 4.78 is 6.82. The Morgan fingerprint density at radius 2 is 1.47 bits per heavy atom. The molecule has 2 aliphatic carbocycles. The summed E-state index contributed by atoms with van der Waals surface area (Å²) in [4.78, 5) is 38.7. The zero-order valence-electron chi connectivity index (χ0n) is 34.6. The van der Waals surface area contributed by atoms with Crippen LogP contribution in [0.15, 0.2) is 89.8 Å². The van der Waals surface area contributed by atoms with Crippen molar-refractivity contribution >= 4 is 46.7 Å². The Balaban J connectivity index is 0.000000306. The number of carbonyl (C=O) groups excluding carboxylic acids is 1. The summed E-state index contributed by atoms with van der Waals surface area (Å²) in [7, 11) is -1.50. The van der Waals surface area contributed by atoms with Crippen LogP contribution in [0.1, 0.15) is 107 Å². The highest BCUT2D eigenvalue weighted by molar-refractivity contribution is 9.10. The lowest BCUT2D eigenvalue weighted by molar-refractivity contribution is -0.138. The number of ether oxygens (including phenoxy) is 1. The summed E-state index contributed by atoms with van der Waals surface area (Å²) >= 11 is 3.12. The maximum atomic E-state index is 10.6. The number of aldehydes is 1. The Morgan fingerprint density at radius 3 is 1.97 bits per heavy atom. The van der Waals surface area contributed by atoms with Gasteiger partial charge in [-0.15, -0.1) is 0 Å². The molecule has 0 bridgehead atoms. The average molecular weight is 895 g/mol. The van der Waals surface area contributed by atoms with Crippen molar-refractivity contribution in [3.8, 4) is 22.8 Å². The van der Waals surface area contributed by atoms with Crippen molar-refractivity contribution in [1.29, 1.82) is 0 Å². The number of halogens is 1. The van der Waals surface area contributed by atoms with Crippen molar-refractivity contribution in [2.24, 2.45) is 17.6 Å².